The molecule has 8 heteroatoms. The third-order valence-electron chi connectivity index (χ3n) is 2.48. The van der Waals surface area contributed by atoms with E-state index in [1.807, 2.05) is 0 Å². The summed E-state index contributed by atoms with van der Waals surface area (Å²) >= 11 is 0. The minimum atomic E-state index is -4.54. The molecule has 0 fully saturated rings. The van der Waals surface area contributed by atoms with Gasteiger partial charge in [-0.15, -0.1) is 0 Å². The van der Waals surface area contributed by atoms with Crippen molar-refractivity contribution < 1.29 is 23.1 Å². The summed E-state index contributed by atoms with van der Waals surface area (Å²) in [7, 11) is 0. The van der Waals surface area contributed by atoms with Crippen molar-refractivity contribution in [2.75, 3.05) is 5.32 Å². The van der Waals surface area contributed by atoms with Crippen LogP contribution in [0.1, 0.15) is 5.56 Å². The standard InChI is InChI=1S/C12H10F3N3O2/c13-12(14,15)8-1-2-10(19)9(5-8)17-11(20)6-18-4-3-16-7-18/h1-5,7,19H,6H2,(H,17,20). The van der Waals surface area contributed by atoms with Crippen molar-refractivity contribution in [2.45, 2.75) is 12.7 Å². The Morgan fingerprint density at radius 1 is 1.40 bits per heavy atom. The van der Waals surface area contributed by atoms with Crippen molar-refractivity contribution in [3.63, 3.8) is 0 Å². The van der Waals surface area contributed by atoms with Gasteiger partial charge in [-0.05, 0) is 18.2 Å². The van der Waals surface area contributed by atoms with Crippen LogP contribution in [0.4, 0.5) is 18.9 Å². The molecule has 106 valence electrons. The van der Waals surface area contributed by atoms with Gasteiger partial charge in [0.2, 0.25) is 5.91 Å². The molecular weight excluding hydrogens is 275 g/mol. The molecule has 0 aliphatic rings. The van der Waals surface area contributed by atoms with E-state index in [1.54, 1.807) is 0 Å². The number of halogens is 3. The summed E-state index contributed by atoms with van der Waals surface area (Å²) in [6, 6.07) is 2.30. The lowest BCUT2D eigenvalue weighted by Crippen LogP contribution is -2.18. The average molecular weight is 285 g/mol. The second kappa shape index (κ2) is 5.24. The van der Waals surface area contributed by atoms with Gasteiger partial charge in [0.05, 0.1) is 17.6 Å². The highest BCUT2D eigenvalue weighted by atomic mass is 19.4. The van der Waals surface area contributed by atoms with Crippen molar-refractivity contribution in [1.82, 2.24) is 9.55 Å². The maximum absolute atomic E-state index is 12.5. The number of amides is 1. The number of alkyl halides is 3. The fourth-order valence-corrected chi connectivity index (χ4v) is 1.55. The Hall–Kier alpha value is -2.51. The summed E-state index contributed by atoms with van der Waals surface area (Å²) < 4.78 is 39.1. The molecule has 0 bridgehead atoms. The van der Waals surface area contributed by atoms with Gasteiger partial charge in [-0.3, -0.25) is 4.79 Å². The Morgan fingerprint density at radius 2 is 2.15 bits per heavy atom. The Balaban J connectivity index is 2.14. The summed E-state index contributed by atoms with van der Waals surface area (Å²) in [5.74, 6) is -1.00. The topological polar surface area (TPSA) is 67.2 Å². The zero-order valence-corrected chi connectivity index (χ0v) is 10.1. The summed E-state index contributed by atoms with van der Waals surface area (Å²) in [5, 5.41) is 11.7. The molecule has 1 amide bonds. The third-order valence-corrected chi connectivity index (χ3v) is 2.48. The van der Waals surface area contributed by atoms with Crippen LogP contribution in [-0.2, 0) is 17.5 Å². The number of hydrogen-bond donors (Lipinski definition) is 2. The van der Waals surface area contributed by atoms with Crippen molar-refractivity contribution in [1.29, 1.82) is 0 Å². The minimum absolute atomic E-state index is 0.115. The van der Waals surface area contributed by atoms with Crippen LogP contribution < -0.4 is 5.32 Å². The average Bonchev–Trinajstić information content (AvgIpc) is 2.83. The van der Waals surface area contributed by atoms with Crippen LogP contribution in [-0.4, -0.2) is 20.6 Å². The van der Waals surface area contributed by atoms with Gasteiger partial charge >= 0.3 is 6.18 Å². The van der Waals surface area contributed by atoms with E-state index < -0.39 is 23.4 Å². The van der Waals surface area contributed by atoms with E-state index in [9.17, 15) is 23.1 Å². The molecule has 0 aliphatic heterocycles. The number of carbonyl (C=O) groups excluding carboxylic acids is 1. The first-order valence-corrected chi connectivity index (χ1v) is 5.52. The zero-order chi connectivity index (χ0) is 14.8. The molecule has 1 heterocycles. The Kier molecular flexibility index (Phi) is 3.64. The molecule has 0 unspecified atom stereocenters. The molecule has 2 N–H and O–H groups in total. The monoisotopic (exact) mass is 285 g/mol. The Bertz CT molecular complexity index is 609. The molecule has 2 rings (SSSR count). The van der Waals surface area contributed by atoms with Gasteiger partial charge in [0.15, 0.2) is 0 Å². The van der Waals surface area contributed by atoms with E-state index in [2.05, 4.69) is 10.3 Å². The molecule has 1 aromatic carbocycles. The molecule has 5 nitrogen and oxygen atoms in total. The molecule has 0 spiro atoms. The molecule has 1 aromatic heterocycles. The maximum atomic E-state index is 12.5. The van der Waals surface area contributed by atoms with E-state index in [4.69, 9.17) is 0 Å². The van der Waals surface area contributed by atoms with Crippen molar-refractivity contribution in [2.24, 2.45) is 0 Å². The number of aromatic hydroxyl groups is 1. The number of anilines is 1. The van der Waals surface area contributed by atoms with Crippen molar-refractivity contribution >= 4 is 11.6 Å². The van der Waals surface area contributed by atoms with E-state index >= 15 is 0 Å². The molecule has 2 aromatic rings. The quantitative estimate of drug-likeness (QED) is 0.850. The number of rotatable bonds is 3. The summed E-state index contributed by atoms with van der Waals surface area (Å²) in [4.78, 5) is 15.4. The van der Waals surface area contributed by atoms with E-state index in [0.717, 1.165) is 12.1 Å². The summed E-state index contributed by atoms with van der Waals surface area (Å²) in [5.41, 5.74) is -1.24. The van der Waals surface area contributed by atoms with Crippen LogP contribution in [0.25, 0.3) is 0 Å². The maximum Gasteiger partial charge on any atom is 0.416 e. The van der Waals surface area contributed by atoms with Gasteiger partial charge in [-0.25, -0.2) is 4.98 Å². The Labute approximate surface area is 111 Å². The normalized spacial score (nSPS) is 11.3. The van der Waals surface area contributed by atoms with Gasteiger partial charge in [0.1, 0.15) is 12.3 Å². The summed E-state index contributed by atoms with van der Waals surface area (Å²) in [6.07, 6.45) is -0.149. The number of carbonyl (C=O) groups is 1. The zero-order valence-electron chi connectivity index (χ0n) is 10.1. The summed E-state index contributed by atoms with van der Waals surface area (Å²) in [6.45, 7) is -0.115. The number of imidazole rings is 1. The molecule has 20 heavy (non-hydrogen) atoms. The molecule has 0 saturated carbocycles. The number of phenolic OH excluding ortho intramolecular Hbond substituents is 1. The predicted molar refractivity (Wildman–Crippen MR) is 64.0 cm³/mol. The number of hydrogen-bond acceptors (Lipinski definition) is 3. The van der Waals surface area contributed by atoms with Crippen LogP contribution in [0, 0.1) is 0 Å². The SMILES string of the molecule is O=C(Cn1ccnc1)Nc1cc(C(F)(F)F)ccc1O. The van der Waals surface area contributed by atoms with E-state index in [-0.39, 0.29) is 12.2 Å². The van der Waals surface area contributed by atoms with Crippen molar-refractivity contribution in [3.8, 4) is 5.75 Å². The van der Waals surface area contributed by atoms with Crippen LogP contribution >= 0.6 is 0 Å². The minimum Gasteiger partial charge on any atom is -0.506 e. The number of nitrogens with zero attached hydrogens (tertiary/aromatic N) is 2. The predicted octanol–water partition coefficient (Wildman–Crippen LogP) is 2.25. The third kappa shape index (κ3) is 3.28. The van der Waals surface area contributed by atoms with E-state index in [1.165, 1.54) is 23.3 Å². The van der Waals surface area contributed by atoms with Gasteiger partial charge in [-0.1, -0.05) is 0 Å². The van der Waals surface area contributed by atoms with Crippen molar-refractivity contribution in [3.05, 3.63) is 42.5 Å². The first-order chi connectivity index (χ1) is 9.36. The number of nitrogens with one attached hydrogen (secondary N) is 1. The van der Waals surface area contributed by atoms with Gasteiger partial charge in [0, 0.05) is 12.4 Å². The fourth-order valence-electron chi connectivity index (χ4n) is 1.55. The lowest BCUT2D eigenvalue weighted by Gasteiger charge is -2.11. The van der Waals surface area contributed by atoms with E-state index in [0.29, 0.717) is 6.07 Å². The van der Waals surface area contributed by atoms with Gasteiger partial charge in [0.25, 0.3) is 0 Å². The van der Waals surface area contributed by atoms with Crippen LogP contribution in [0.15, 0.2) is 36.9 Å². The Morgan fingerprint density at radius 3 is 2.75 bits per heavy atom. The molecule has 0 saturated heterocycles. The largest absolute Gasteiger partial charge is 0.506 e. The highest BCUT2D eigenvalue weighted by molar-refractivity contribution is 5.92. The number of phenols is 1. The number of aromatic nitrogens is 2. The first-order valence-electron chi connectivity index (χ1n) is 5.52. The number of benzene rings is 1. The lowest BCUT2D eigenvalue weighted by molar-refractivity contribution is -0.137. The smallest absolute Gasteiger partial charge is 0.416 e. The second-order valence-electron chi connectivity index (χ2n) is 4.01. The highest BCUT2D eigenvalue weighted by Crippen LogP contribution is 2.34. The first kappa shape index (κ1) is 13.9. The van der Waals surface area contributed by atoms with Gasteiger partial charge in [-0.2, -0.15) is 13.2 Å². The molecule has 0 aliphatic carbocycles. The second-order valence-corrected chi connectivity index (χ2v) is 4.01. The van der Waals surface area contributed by atoms with Gasteiger partial charge < -0.3 is 15.0 Å². The molecular formula is C12H10F3N3O2. The molecule has 0 radical (unpaired) electrons. The van der Waals surface area contributed by atoms with Crippen LogP contribution in [0.2, 0.25) is 0 Å². The highest BCUT2D eigenvalue weighted by Gasteiger charge is 2.31. The van der Waals surface area contributed by atoms with Crippen LogP contribution in [0.3, 0.4) is 0 Å². The lowest BCUT2D eigenvalue weighted by atomic mass is 10.2. The molecule has 0 atom stereocenters. The fraction of sp³-hybridized carbons (Fsp3) is 0.167. The van der Waals surface area contributed by atoms with Crippen LogP contribution in [0.5, 0.6) is 5.75 Å².